The van der Waals surface area contributed by atoms with Gasteiger partial charge in [0.2, 0.25) is 0 Å². The average molecular weight is 324 g/mol. The fraction of sp³-hybridized carbons (Fsp3) is 0. The maximum Gasteiger partial charge on any atom is 0.363 e. The Bertz CT molecular complexity index is 332. The first kappa shape index (κ1) is 25.9. The van der Waals surface area contributed by atoms with E-state index in [9.17, 15) is 33.3 Å². The van der Waals surface area contributed by atoms with Crippen molar-refractivity contribution in [2.75, 3.05) is 0 Å². The maximum absolute atomic E-state index is 10.3. The van der Waals surface area contributed by atoms with Crippen LogP contribution in [0, 0.1) is 0 Å². The number of phosphoric acid groups is 2. The molecule has 0 aliphatic carbocycles. The summed E-state index contributed by atoms with van der Waals surface area (Å²) in [5.41, 5.74) is 0. The molecule has 0 aliphatic heterocycles. The van der Waals surface area contributed by atoms with Crippen molar-refractivity contribution in [3.8, 4) is 0 Å². The third kappa shape index (κ3) is 14.2. The fourth-order valence-corrected chi connectivity index (χ4v) is 2.95. The maximum atomic E-state index is 10.3. The minimum Gasteiger partial charge on any atom is -0.790 e. The zero-order chi connectivity index (χ0) is 11.6. The van der Waals surface area contributed by atoms with Crippen molar-refractivity contribution >= 4 is 23.4 Å². The van der Waals surface area contributed by atoms with Crippen LogP contribution >= 0.6 is 23.4 Å². The number of nitrogens with two attached hydrogens (primary N) is 1. The number of hydrogen-bond donors (Lipinski definition) is 5. The van der Waals surface area contributed by atoms with Crippen LogP contribution in [0.5, 0.6) is 0 Å². The van der Waals surface area contributed by atoms with Crippen LogP contribution in [0.1, 0.15) is 0 Å². The third-order valence-electron chi connectivity index (χ3n) is 0.555. The second-order valence-electron chi connectivity index (χ2n) is 1.71. The van der Waals surface area contributed by atoms with Crippen molar-refractivity contribution in [3.05, 3.63) is 0 Å². The van der Waals surface area contributed by atoms with Crippen molar-refractivity contribution in [1.82, 2.24) is 18.5 Å². The predicted molar refractivity (Wildman–Crippen MR) is 46.7 cm³/mol. The summed E-state index contributed by atoms with van der Waals surface area (Å²) in [5.74, 6) is 0. The first-order valence-corrected chi connectivity index (χ1v) is 7.06. The lowest BCUT2D eigenvalue weighted by molar-refractivity contribution is -0.797. The van der Waals surface area contributed by atoms with Gasteiger partial charge in [-0.2, -0.15) is 5.25 Å². The molecule has 17 heteroatoms. The van der Waals surface area contributed by atoms with Crippen molar-refractivity contribution in [3.63, 3.8) is 0 Å². The minimum atomic E-state index is -5.94. The highest BCUT2D eigenvalue weighted by atomic mass is 31.3. The minimum absolute atomic E-state index is 0. The van der Waals surface area contributed by atoms with E-state index < -0.39 is 28.6 Å². The van der Waals surface area contributed by atoms with Crippen LogP contribution in [0.4, 0.5) is 0 Å². The standard InChI is InChI=1S/H6NO10P3.3H3N/c2-1-12(3,4)10-14(8,9)11-13(5,6)7;;;/h2H,(H,8,9)(H2,1,3,4)(H2,5,6,7);3*1H3. The van der Waals surface area contributed by atoms with Crippen molar-refractivity contribution in [2.45, 2.75) is 0 Å². The molecule has 0 heterocycles. The van der Waals surface area contributed by atoms with Crippen LogP contribution in [0.2, 0.25) is 0 Å². The SMILES string of the molecule is O=P([O-])([O-])OP(=O)([O-])OP(=O)([O-])[NH2+]O.[NH4+].[NH4+].[NH4+]. The summed E-state index contributed by atoms with van der Waals surface area (Å²) in [6, 6.07) is 0. The van der Waals surface area contributed by atoms with E-state index in [2.05, 4.69) is 8.62 Å². The topological polar surface area (TPSA) is 308 Å². The van der Waals surface area contributed by atoms with E-state index in [0.29, 0.717) is 0 Å². The van der Waals surface area contributed by atoms with Gasteiger partial charge in [-0.3, -0.25) is 8.88 Å². The molecule has 15 N–H and O–H groups in total. The predicted octanol–water partition coefficient (Wildman–Crippen LogP) is -3.13. The molecule has 0 aromatic heterocycles. The smallest absolute Gasteiger partial charge is 0.363 e. The van der Waals surface area contributed by atoms with E-state index in [4.69, 9.17) is 5.21 Å². The van der Waals surface area contributed by atoms with Gasteiger partial charge in [0.25, 0.3) is 7.82 Å². The van der Waals surface area contributed by atoms with Crippen LogP contribution < -0.4 is 43.3 Å². The third-order valence-corrected chi connectivity index (χ3v) is 4.15. The zero-order valence-corrected chi connectivity index (χ0v) is 11.7. The summed E-state index contributed by atoms with van der Waals surface area (Å²) in [6.07, 6.45) is 0. The van der Waals surface area contributed by atoms with Gasteiger partial charge in [0.1, 0.15) is 0 Å². The number of rotatable bonds is 5. The first-order chi connectivity index (χ1) is 5.97. The molecule has 2 atom stereocenters. The Labute approximate surface area is 95.1 Å². The molecule has 14 nitrogen and oxygen atoms in total. The summed E-state index contributed by atoms with van der Waals surface area (Å²) in [6.45, 7) is 0. The number of hydrogen-bond acceptors (Lipinski definition) is 10. The Kier molecular flexibility index (Phi) is 12.8. The van der Waals surface area contributed by atoms with Crippen LogP contribution in [0.15, 0.2) is 0 Å². The van der Waals surface area contributed by atoms with Crippen molar-refractivity contribution in [2.24, 2.45) is 0 Å². The first-order valence-electron chi connectivity index (χ1n) is 2.52. The molecule has 0 aromatic rings. The Morgan fingerprint density at radius 3 is 1.47 bits per heavy atom. The van der Waals surface area contributed by atoms with Gasteiger partial charge in [-0.1, -0.05) is 0 Å². The average Bonchev–Trinajstić information content (AvgIpc) is 1.78. The highest BCUT2D eigenvalue weighted by Gasteiger charge is 2.23. The molecule has 0 aliphatic rings. The summed E-state index contributed by atoms with van der Waals surface area (Å²) in [5, 5.41) is 7.25. The lowest BCUT2D eigenvalue weighted by Crippen LogP contribution is -2.77. The van der Waals surface area contributed by atoms with Crippen LogP contribution in [0.25, 0.3) is 0 Å². The second kappa shape index (κ2) is 8.37. The summed E-state index contributed by atoms with van der Waals surface area (Å²) < 4.78 is 36.2. The van der Waals surface area contributed by atoms with E-state index in [1.165, 1.54) is 0 Å². The van der Waals surface area contributed by atoms with Gasteiger partial charge in [-0.25, -0.2) is 14.1 Å². The van der Waals surface area contributed by atoms with E-state index in [0.717, 1.165) is 0 Å². The zero-order valence-electron chi connectivity index (χ0n) is 9.04. The molecule has 0 aromatic carbocycles. The Morgan fingerprint density at radius 2 is 1.24 bits per heavy atom. The van der Waals surface area contributed by atoms with Gasteiger partial charge in [-0.15, -0.1) is 0 Å². The van der Waals surface area contributed by atoms with E-state index in [1.807, 2.05) is 0 Å². The Morgan fingerprint density at radius 1 is 0.882 bits per heavy atom. The van der Waals surface area contributed by atoms with Crippen molar-refractivity contribution in [1.29, 1.82) is 0 Å². The summed E-state index contributed by atoms with van der Waals surface area (Å²) >= 11 is 0. The molecule has 2 unspecified atom stereocenters. The highest BCUT2D eigenvalue weighted by Crippen LogP contribution is 2.56. The van der Waals surface area contributed by atoms with E-state index >= 15 is 0 Å². The van der Waals surface area contributed by atoms with E-state index in [1.54, 1.807) is 0 Å². The van der Waals surface area contributed by atoms with Crippen LogP contribution in [-0.4, -0.2) is 5.21 Å². The fourth-order valence-electron chi connectivity index (χ4n) is 0.298. The van der Waals surface area contributed by atoms with Gasteiger partial charge in [0.15, 0.2) is 0 Å². The van der Waals surface area contributed by atoms with Gasteiger partial charge < -0.3 is 42.6 Å². The molecule has 0 saturated heterocycles. The quantitative estimate of drug-likeness (QED) is 0.249. The Hall–Kier alpha value is 0.250. The molecular formula is H15N4O10P3. The lowest BCUT2D eigenvalue weighted by atomic mass is 13.5. The molecule has 0 radical (unpaired) electrons. The summed E-state index contributed by atoms with van der Waals surface area (Å²) in [4.78, 5) is 40.1. The summed E-state index contributed by atoms with van der Waals surface area (Å²) in [7, 11) is -17.1. The molecule has 17 heavy (non-hydrogen) atoms. The largest absolute Gasteiger partial charge is 0.790 e. The van der Waals surface area contributed by atoms with Crippen LogP contribution in [-0.2, 0) is 22.3 Å². The molecular weight excluding hydrogens is 309 g/mol. The molecule has 0 fully saturated rings. The normalized spacial score (nSPS) is 17.5. The number of quaternary nitrogens is 4. The lowest BCUT2D eigenvalue weighted by Gasteiger charge is -2.35. The molecule has 110 valence electrons. The highest BCUT2D eigenvalue weighted by molar-refractivity contribution is 7.64. The molecule has 0 rings (SSSR count). The molecule has 0 spiro atoms. The van der Waals surface area contributed by atoms with E-state index in [-0.39, 0.29) is 18.5 Å². The monoisotopic (exact) mass is 324 g/mol. The second-order valence-corrected chi connectivity index (χ2v) is 6.12. The van der Waals surface area contributed by atoms with Gasteiger partial charge >= 0.3 is 7.75 Å². The molecule has 0 saturated carbocycles. The van der Waals surface area contributed by atoms with Gasteiger partial charge in [0, 0.05) is 0 Å². The molecule has 0 bridgehead atoms. The van der Waals surface area contributed by atoms with Crippen LogP contribution in [0.3, 0.4) is 0 Å². The Balaban J connectivity index is -0.000000282. The van der Waals surface area contributed by atoms with Gasteiger partial charge in [-0.05, 0) is 0 Å². The van der Waals surface area contributed by atoms with Gasteiger partial charge in [0.05, 0.1) is 7.82 Å². The van der Waals surface area contributed by atoms with Crippen molar-refractivity contribution < 1.29 is 52.3 Å². The molecule has 0 amide bonds.